The van der Waals surface area contributed by atoms with Crippen LogP contribution in [-0.4, -0.2) is 59.6 Å². The van der Waals surface area contributed by atoms with E-state index in [1.54, 1.807) is 0 Å². The molecule has 2 unspecified atom stereocenters. The summed E-state index contributed by atoms with van der Waals surface area (Å²) in [7, 11) is 0. The van der Waals surface area contributed by atoms with Gasteiger partial charge in [0.05, 0.1) is 23.7 Å². The van der Waals surface area contributed by atoms with Crippen LogP contribution in [0.15, 0.2) is 18.2 Å². The highest BCUT2D eigenvalue weighted by molar-refractivity contribution is 6.23. The van der Waals surface area contributed by atoms with Gasteiger partial charge in [0.2, 0.25) is 11.8 Å². The molecule has 4 rings (SSSR count). The fourth-order valence-corrected chi connectivity index (χ4v) is 3.83. The maximum Gasteiger partial charge on any atom is 0.280 e. The topological polar surface area (TPSA) is 113 Å². The molecular formula is C18H18F2N4O4. The van der Waals surface area contributed by atoms with Crippen molar-refractivity contribution in [3.05, 3.63) is 29.3 Å². The molecule has 10 heteroatoms. The summed E-state index contributed by atoms with van der Waals surface area (Å²) >= 11 is 0. The van der Waals surface area contributed by atoms with Gasteiger partial charge in [-0.25, -0.2) is 8.78 Å². The van der Waals surface area contributed by atoms with Gasteiger partial charge in [-0.1, -0.05) is 0 Å². The number of anilines is 1. The number of carbonyl (C=O) groups is 4. The lowest BCUT2D eigenvalue weighted by Crippen LogP contribution is -2.55. The first-order valence-electron chi connectivity index (χ1n) is 8.93. The van der Waals surface area contributed by atoms with Gasteiger partial charge in [-0.15, -0.1) is 0 Å². The number of benzene rings is 1. The molecular weight excluding hydrogens is 374 g/mol. The van der Waals surface area contributed by atoms with Gasteiger partial charge in [0.15, 0.2) is 0 Å². The average molecular weight is 392 g/mol. The number of imide groups is 2. The van der Waals surface area contributed by atoms with Gasteiger partial charge < -0.3 is 10.6 Å². The lowest BCUT2D eigenvalue weighted by atomic mass is 10.0. The second-order valence-corrected chi connectivity index (χ2v) is 7.25. The molecule has 0 aromatic heterocycles. The quantitative estimate of drug-likeness (QED) is 0.699. The van der Waals surface area contributed by atoms with Crippen molar-refractivity contribution in [2.45, 2.75) is 37.3 Å². The molecule has 0 spiro atoms. The highest BCUT2D eigenvalue weighted by atomic mass is 19.3. The molecule has 1 aromatic carbocycles. The van der Waals surface area contributed by atoms with Crippen LogP contribution < -0.4 is 16.0 Å². The summed E-state index contributed by atoms with van der Waals surface area (Å²) in [5.41, 5.74) is 6.02. The Labute approximate surface area is 158 Å². The minimum Gasteiger partial charge on any atom is -0.365 e. The third-order valence-electron chi connectivity index (χ3n) is 5.44. The monoisotopic (exact) mass is 392 g/mol. The molecule has 1 aromatic rings. The molecule has 3 aliphatic heterocycles. The SMILES string of the molecule is NC1CCN(c2ccc3c(c2)C(=O)N(C2CCC(=O)NC2=O)C3=O)CC1(F)F. The highest BCUT2D eigenvalue weighted by Gasteiger charge is 2.46. The molecule has 3 N–H and O–H groups in total. The molecule has 3 aliphatic rings. The fraction of sp³-hybridized carbons (Fsp3) is 0.444. The van der Waals surface area contributed by atoms with E-state index in [1.165, 1.54) is 23.1 Å². The summed E-state index contributed by atoms with van der Waals surface area (Å²) in [5, 5.41) is 2.12. The van der Waals surface area contributed by atoms with Crippen molar-refractivity contribution in [3.63, 3.8) is 0 Å². The highest BCUT2D eigenvalue weighted by Crippen LogP contribution is 2.34. The number of amides is 4. The molecule has 0 bridgehead atoms. The molecule has 8 nitrogen and oxygen atoms in total. The van der Waals surface area contributed by atoms with E-state index in [2.05, 4.69) is 5.32 Å². The smallest absolute Gasteiger partial charge is 0.280 e. The summed E-state index contributed by atoms with van der Waals surface area (Å²) in [6.07, 6.45) is 0.177. The Morgan fingerprint density at radius 2 is 1.79 bits per heavy atom. The normalized spacial score (nSPS) is 27.1. The zero-order chi connectivity index (χ0) is 20.2. The van der Waals surface area contributed by atoms with Crippen LogP contribution in [0.1, 0.15) is 40.0 Å². The molecule has 28 heavy (non-hydrogen) atoms. The zero-order valence-electron chi connectivity index (χ0n) is 14.8. The van der Waals surface area contributed by atoms with Gasteiger partial charge in [-0.3, -0.25) is 29.4 Å². The molecule has 0 saturated carbocycles. The number of rotatable bonds is 2. The molecule has 3 heterocycles. The van der Waals surface area contributed by atoms with Crippen LogP contribution in [0.25, 0.3) is 0 Å². The second kappa shape index (κ2) is 6.33. The lowest BCUT2D eigenvalue weighted by molar-refractivity contribution is -0.136. The minimum absolute atomic E-state index is 0.0260. The van der Waals surface area contributed by atoms with Gasteiger partial charge in [0, 0.05) is 18.7 Å². The van der Waals surface area contributed by atoms with Gasteiger partial charge in [0.25, 0.3) is 17.7 Å². The number of nitrogens with one attached hydrogen (secondary N) is 1. The van der Waals surface area contributed by atoms with E-state index >= 15 is 0 Å². The van der Waals surface area contributed by atoms with Crippen molar-refractivity contribution in [3.8, 4) is 0 Å². The second-order valence-electron chi connectivity index (χ2n) is 7.25. The summed E-state index contributed by atoms with van der Waals surface area (Å²) < 4.78 is 27.9. The van der Waals surface area contributed by atoms with Crippen LogP contribution in [0, 0.1) is 0 Å². The zero-order valence-corrected chi connectivity index (χ0v) is 14.8. The van der Waals surface area contributed by atoms with Crippen LogP contribution in [0.5, 0.6) is 0 Å². The first-order chi connectivity index (χ1) is 13.2. The number of carbonyl (C=O) groups excluding carboxylic acids is 4. The number of hydrogen-bond acceptors (Lipinski definition) is 6. The number of alkyl halides is 2. The van der Waals surface area contributed by atoms with E-state index in [9.17, 15) is 28.0 Å². The largest absolute Gasteiger partial charge is 0.365 e. The van der Waals surface area contributed by atoms with Crippen molar-refractivity contribution in [1.29, 1.82) is 0 Å². The molecule has 2 fully saturated rings. The number of halogens is 2. The van der Waals surface area contributed by atoms with E-state index in [-0.39, 0.29) is 30.4 Å². The van der Waals surface area contributed by atoms with Crippen molar-refractivity contribution < 1.29 is 28.0 Å². The average Bonchev–Trinajstić information content (AvgIpc) is 2.88. The number of nitrogens with two attached hydrogens (primary N) is 1. The predicted molar refractivity (Wildman–Crippen MR) is 92.9 cm³/mol. The summed E-state index contributed by atoms with van der Waals surface area (Å²) in [4.78, 5) is 51.1. The van der Waals surface area contributed by atoms with E-state index in [1.807, 2.05) is 0 Å². The molecule has 4 amide bonds. The Bertz CT molecular complexity index is 904. The molecule has 2 saturated heterocycles. The predicted octanol–water partition coefficient (Wildman–Crippen LogP) is 0.260. The third-order valence-corrected chi connectivity index (χ3v) is 5.44. The van der Waals surface area contributed by atoms with Gasteiger partial charge in [0.1, 0.15) is 6.04 Å². The van der Waals surface area contributed by atoms with E-state index in [0.29, 0.717) is 12.2 Å². The van der Waals surface area contributed by atoms with Gasteiger partial charge in [-0.05, 0) is 31.0 Å². The van der Waals surface area contributed by atoms with E-state index in [4.69, 9.17) is 5.73 Å². The fourth-order valence-electron chi connectivity index (χ4n) is 3.83. The van der Waals surface area contributed by atoms with Crippen LogP contribution in [0.2, 0.25) is 0 Å². The Hall–Kier alpha value is -2.88. The van der Waals surface area contributed by atoms with Gasteiger partial charge >= 0.3 is 0 Å². The third kappa shape index (κ3) is 2.84. The number of fused-ring (bicyclic) bond motifs is 1. The number of piperidine rings is 2. The standard InChI is InChI=1S/C18H18F2N4O4/c19-18(20)8-23(6-5-13(18)21)9-1-2-10-11(7-9)17(28)24(16(10)27)12-3-4-14(25)22-15(12)26/h1-2,7,12-13H,3-6,8,21H2,(H,22,25,26). The summed E-state index contributed by atoms with van der Waals surface area (Å²) in [6, 6.07) is 2.03. The Balaban J connectivity index is 1.61. The number of hydrogen-bond donors (Lipinski definition) is 2. The summed E-state index contributed by atoms with van der Waals surface area (Å²) in [6.45, 7) is -0.277. The van der Waals surface area contributed by atoms with Crippen LogP contribution in [0.4, 0.5) is 14.5 Å². The first-order valence-corrected chi connectivity index (χ1v) is 8.93. The van der Waals surface area contributed by atoms with E-state index in [0.717, 1.165) is 4.90 Å². The number of nitrogens with zero attached hydrogens (tertiary/aromatic N) is 2. The Kier molecular flexibility index (Phi) is 4.18. The maximum absolute atomic E-state index is 14.0. The molecule has 0 aliphatic carbocycles. The summed E-state index contributed by atoms with van der Waals surface area (Å²) in [5.74, 6) is -5.51. The molecule has 0 radical (unpaired) electrons. The van der Waals surface area contributed by atoms with Crippen molar-refractivity contribution in [2.24, 2.45) is 5.73 Å². The first kappa shape index (κ1) is 18.5. The Morgan fingerprint density at radius 1 is 1.07 bits per heavy atom. The lowest BCUT2D eigenvalue weighted by Gasteiger charge is -2.38. The van der Waals surface area contributed by atoms with Crippen molar-refractivity contribution in [1.82, 2.24) is 10.2 Å². The van der Waals surface area contributed by atoms with Crippen molar-refractivity contribution >= 4 is 29.3 Å². The van der Waals surface area contributed by atoms with Crippen LogP contribution >= 0.6 is 0 Å². The maximum atomic E-state index is 14.0. The minimum atomic E-state index is -3.06. The van der Waals surface area contributed by atoms with Crippen LogP contribution in [-0.2, 0) is 9.59 Å². The van der Waals surface area contributed by atoms with Gasteiger partial charge in [-0.2, -0.15) is 0 Å². The van der Waals surface area contributed by atoms with E-state index < -0.39 is 48.2 Å². The molecule has 148 valence electrons. The Morgan fingerprint density at radius 3 is 2.46 bits per heavy atom. The van der Waals surface area contributed by atoms with Crippen LogP contribution in [0.3, 0.4) is 0 Å². The van der Waals surface area contributed by atoms with Crippen molar-refractivity contribution in [2.75, 3.05) is 18.0 Å². The molecule has 2 atom stereocenters.